The molecule has 2 rings (SSSR count). The summed E-state index contributed by atoms with van der Waals surface area (Å²) in [7, 11) is 0. The van der Waals surface area contributed by atoms with Gasteiger partial charge >= 0.3 is 0 Å². The molecule has 0 saturated carbocycles. The molecular weight excluding hydrogens is 252 g/mol. The maximum Gasteiger partial charge on any atom is 0.221 e. The van der Waals surface area contributed by atoms with Crippen LogP contribution in [0.15, 0.2) is 24.5 Å². The molecule has 5 heteroatoms. The van der Waals surface area contributed by atoms with Crippen molar-refractivity contribution in [2.24, 2.45) is 0 Å². The summed E-state index contributed by atoms with van der Waals surface area (Å²) >= 11 is 0. The van der Waals surface area contributed by atoms with E-state index in [0.717, 1.165) is 28.2 Å². The van der Waals surface area contributed by atoms with Gasteiger partial charge in [-0.25, -0.2) is 9.97 Å². The summed E-state index contributed by atoms with van der Waals surface area (Å²) in [6.07, 6.45) is 1.51. The predicted molar refractivity (Wildman–Crippen MR) is 80.9 cm³/mol. The maximum absolute atomic E-state index is 5.91. The summed E-state index contributed by atoms with van der Waals surface area (Å²) in [6.45, 7) is 7.15. The average Bonchev–Trinajstić information content (AvgIpc) is 2.44. The molecule has 2 aromatic rings. The van der Waals surface area contributed by atoms with Crippen molar-refractivity contribution in [2.75, 3.05) is 17.7 Å². The van der Waals surface area contributed by atoms with Gasteiger partial charge in [0.15, 0.2) is 0 Å². The molecule has 0 atom stereocenters. The van der Waals surface area contributed by atoms with Crippen LogP contribution in [0.5, 0.6) is 5.88 Å². The van der Waals surface area contributed by atoms with E-state index in [1.165, 1.54) is 6.33 Å². The van der Waals surface area contributed by atoms with Gasteiger partial charge in [-0.3, -0.25) is 0 Å². The van der Waals surface area contributed by atoms with Crippen molar-refractivity contribution in [1.29, 1.82) is 0 Å². The molecule has 1 aromatic carbocycles. The highest BCUT2D eigenvalue weighted by Crippen LogP contribution is 2.22. The van der Waals surface area contributed by atoms with Crippen molar-refractivity contribution in [3.63, 3.8) is 0 Å². The Morgan fingerprint density at radius 1 is 1.20 bits per heavy atom. The third-order valence-corrected chi connectivity index (χ3v) is 3.25. The van der Waals surface area contributed by atoms with Gasteiger partial charge in [-0.05, 0) is 38.0 Å². The minimum Gasteiger partial charge on any atom is -0.478 e. The van der Waals surface area contributed by atoms with E-state index >= 15 is 0 Å². The first-order valence-electron chi connectivity index (χ1n) is 6.65. The average molecular weight is 272 g/mol. The quantitative estimate of drug-likeness (QED) is 0.819. The Balaban J connectivity index is 2.15. The SMILES string of the molecule is CCOc1ncnc(NCc2cccc(N)c2C)c1C. The lowest BCUT2D eigenvalue weighted by Gasteiger charge is -2.13. The lowest BCUT2D eigenvalue weighted by atomic mass is 10.1. The van der Waals surface area contributed by atoms with Crippen LogP contribution in [0.25, 0.3) is 0 Å². The van der Waals surface area contributed by atoms with Crippen LogP contribution in [0.4, 0.5) is 11.5 Å². The van der Waals surface area contributed by atoms with E-state index in [9.17, 15) is 0 Å². The minimum atomic E-state index is 0.589. The van der Waals surface area contributed by atoms with Crippen molar-refractivity contribution in [3.05, 3.63) is 41.2 Å². The Morgan fingerprint density at radius 2 is 2.00 bits per heavy atom. The Morgan fingerprint density at radius 3 is 2.75 bits per heavy atom. The molecule has 1 heterocycles. The van der Waals surface area contributed by atoms with Crippen LogP contribution < -0.4 is 15.8 Å². The summed E-state index contributed by atoms with van der Waals surface area (Å²) < 4.78 is 5.46. The summed E-state index contributed by atoms with van der Waals surface area (Å²) in [5, 5.41) is 3.31. The van der Waals surface area contributed by atoms with Crippen molar-refractivity contribution in [1.82, 2.24) is 9.97 Å². The number of aromatic nitrogens is 2. The molecule has 3 N–H and O–H groups in total. The number of benzene rings is 1. The van der Waals surface area contributed by atoms with Crippen molar-refractivity contribution < 1.29 is 4.74 Å². The first-order valence-corrected chi connectivity index (χ1v) is 6.65. The number of hydrogen-bond donors (Lipinski definition) is 2. The van der Waals surface area contributed by atoms with E-state index in [1.807, 2.05) is 32.9 Å². The maximum atomic E-state index is 5.91. The summed E-state index contributed by atoms with van der Waals surface area (Å²) in [5.74, 6) is 1.40. The Hall–Kier alpha value is -2.30. The standard InChI is InChI=1S/C15H20N4O/c1-4-20-15-11(3)14(18-9-19-15)17-8-12-6-5-7-13(16)10(12)2/h5-7,9H,4,8,16H2,1-3H3,(H,17,18,19). The summed E-state index contributed by atoms with van der Waals surface area (Å²) in [5.41, 5.74) is 9.87. The molecule has 0 aliphatic heterocycles. The molecule has 0 saturated heterocycles. The second-order valence-corrected chi connectivity index (χ2v) is 4.57. The molecule has 0 bridgehead atoms. The number of anilines is 2. The number of nitrogen functional groups attached to an aromatic ring is 1. The Labute approximate surface area is 119 Å². The van der Waals surface area contributed by atoms with Gasteiger partial charge in [-0.15, -0.1) is 0 Å². The first-order chi connectivity index (χ1) is 9.63. The highest BCUT2D eigenvalue weighted by Gasteiger charge is 2.08. The van der Waals surface area contributed by atoms with E-state index in [4.69, 9.17) is 10.5 Å². The number of ether oxygens (including phenoxy) is 1. The largest absolute Gasteiger partial charge is 0.478 e. The van der Waals surface area contributed by atoms with E-state index in [-0.39, 0.29) is 0 Å². The molecule has 1 aromatic heterocycles. The molecule has 0 unspecified atom stereocenters. The minimum absolute atomic E-state index is 0.589. The zero-order valence-corrected chi connectivity index (χ0v) is 12.1. The predicted octanol–water partition coefficient (Wildman–Crippen LogP) is 2.69. The molecule has 0 amide bonds. The molecule has 0 fully saturated rings. The van der Waals surface area contributed by atoms with Gasteiger partial charge in [0, 0.05) is 12.2 Å². The Bertz CT molecular complexity index is 598. The molecule has 106 valence electrons. The molecule has 20 heavy (non-hydrogen) atoms. The normalized spacial score (nSPS) is 10.3. The molecule has 5 nitrogen and oxygen atoms in total. The van der Waals surface area contributed by atoms with Crippen LogP contribution in [0.3, 0.4) is 0 Å². The van der Waals surface area contributed by atoms with Crippen LogP contribution in [-0.4, -0.2) is 16.6 Å². The van der Waals surface area contributed by atoms with Gasteiger partial charge in [0.1, 0.15) is 12.1 Å². The third kappa shape index (κ3) is 2.99. The first kappa shape index (κ1) is 14.1. The number of rotatable bonds is 5. The molecule has 0 aliphatic carbocycles. The van der Waals surface area contributed by atoms with E-state index in [1.54, 1.807) is 0 Å². The van der Waals surface area contributed by atoms with Crippen LogP contribution in [0, 0.1) is 13.8 Å². The zero-order chi connectivity index (χ0) is 14.5. The van der Waals surface area contributed by atoms with Crippen LogP contribution in [0.2, 0.25) is 0 Å². The number of nitrogens with two attached hydrogens (primary N) is 1. The van der Waals surface area contributed by atoms with Crippen molar-refractivity contribution >= 4 is 11.5 Å². The molecular formula is C15H20N4O. The smallest absolute Gasteiger partial charge is 0.221 e. The fourth-order valence-corrected chi connectivity index (χ4v) is 1.97. The van der Waals surface area contributed by atoms with Crippen LogP contribution in [-0.2, 0) is 6.54 Å². The monoisotopic (exact) mass is 272 g/mol. The second kappa shape index (κ2) is 6.23. The van der Waals surface area contributed by atoms with Crippen LogP contribution >= 0.6 is 0 Å². The fraction of sp³-hybridized carbons (Fsp3) is 0.333. The second-order valence-electron chi connectivity index (χ2n) is 4.57. The van der Waals surface area contributed by atoms with Gasteiger partial charge < -0.3 is 15.8 Å². The molecule has 0 spiro atoms. The Kier molecular flexibility index (Phi) is 4.40. The van der Waals surface area contributed by atoms with Gasteiger partial charge in [0.2, 0.25) is 5.88 Å². The lowest BCUT2D eigenvalue weighted by Crippen LogP contribution is -2.07. The lowest BCUT2D eigenvalue weighted by molar-refractivity contribution is 0.324. The van der Waals surface area contributed by atoms with E-state index in [0.29, 0.717) is 19.0 Å². The van der Waals surface area contributed by atoms with Crippen molar-refractivity contribution in [3.8, 4) is 5.88 Å². The number of nitrogens with one attached hydrogen (secondary N) is 1. The van der Waals surface area contributed by atoms with Gasteiger partial charge in [0.25, 0.3) is 0 Å². The van der Waals surface area contributed by atoms with Crippen molar-refractivity contribution in [2.45, 2.75) is 27.3 Å². The third-order valence-electron chi connectivity index (χ3n) is 3.25. The highest BCUT2D eigenvalue weighted by atomic mass is 16.5. The van der Waals surface area contributed by atoms with Gasteiger partial charge in [-0.2, -0.15) is 0 Å². The van der Waals surface area contributed by atoms with Crippen LogP contribution in [0.1, 0.15) is 23.6 Å². The number of hydrogen-bond acceptors (Lipinski definition) is 5. The molecule has 0 aliphatic rings. The molecule has 0 radical (unpaired) electrons. The van der Waals surface area contributed by atoms with Gasteiger partial charge in [-0.1, -0.05) is 12.1 Å². The van der Waals surface area contributed by atoms with E-state index < -0.39 is 0 Å². The fourth-order valence-electron chi connectivity index (χ4n) is 1.97. The topological polar surface area (TPSA) is 73.1 Å². The highest BCUT2D eigenvalue weighted by molar-refractivity contribution is 5.52. The number of nitrogens with zero attached hydrogens (tertiary/aromatic N) is 2. The van der Waals surface area contributed by atoms with Gasteiger partial charge in [0.05, 0.1) is 12.2 Å². The summed E-state index contributed by atoms with van der Waals surface area (Å²) in [6, 6.07) is 5.92. The summed E-state index contributed by atoms with van der Waals surface area (Å²) in [4.78, 5) is 8.38. The van der Waals surface area contributed by atoms with E-state index in [2.05, 4.69) is 21.4 Å². The zero-order valence-electron chi connectivity index (χ0n) is 12.1.